The van der Waals surface area contributed by atoms with Gasteiger partial charge in [0.25, 0.3) is 0 Å². The summed E-state index contributed by atoms with van der Waals surface area (Å²) in [6, 6.07) is 15.3. The minimum absolute atomic E-state index is 0.316. The van der Waals surface area contributed by atoms with Crippen molar-refractivity contribution in [2.24, 2.45) is 0 Å². The smallest absolute Gasteiger partial charge is 0.333 e. The van der Waals surface area contributed by atoms with Gasteiger partial charge >= 0.3 is 5.97 Å². The van der Waals surface area contributed by atoms with Gasteiger partial charge in [0.05, 0.1) is 39.1 Å². The standard InChI is InChI=1S/C29H35NO5/c1-22(2)29(31)35-18-12-8-6-5-7-11-17-34-27-16-15-23(20-28(27)33-4)19-24(21-30)25-13-9-10-14-26(25)32-3/h9-10,13-16,19-20H,1,5-8,11-12,17-18H2,2-4H3/b24-19+. The first-order valence-corrected chi connectivity index (χ1v) is 11.9. The Morgan fingerprint density at radius 3 is 2.23 bits per heavy atom. The summed E-state index contributed by atoms with van der Waals surface area (Å²) in [7, 11) is 3.20. The van der Waals surface area contributed by atoms with Crippen molar-refractivity contribution in [2.75, 3.05) is 27.4 Å². The first-order valence-electron chi connectivity index (χ1n) is 11.9. The fourth-order valence-electron chi connectivity index (χ4n) is 3.48. The summed E-state index contributed by atoms with van der Waals surface area (Å²) in [5.74, 6) is 1.64. The Kier molecular flexibility index (Phi) is 12.0. The number of unbranched alkanes of at least 4 members (excludes halogenated alkanes) is 5. The number of methoxy groups -OCH3 is 2. The number of rotatable bonds is 15. The Balaban J connectivity index is 1.80. The predicted molar refractivity (Wildman–Crippen MR) is 138 cm³/mol. The highest BCUT2D eigenvalue weighted by molar-refractivity contribution is 5.91. The monoisotopic (exact) mass is 477 g/mol. The van der Waals surface area contributed by atoms with Crippen molar-refractivity contribution in [3.63, 3.8) is 0 Å². The summed E-state index contributed by atoms with van der Waals surface area (Å²) in [5.41, 5.74) is 2.52. The molecule has 2 aromatic carbocycles. The van der Waals surface area contributed by atoms with Gasteiger partial charge in [0.2, 0.25) is 0 Å². The fraction of sp³-hybridized carbons (Fsp3) is 0.379. The summed E-state index contributed by atoms with van der Waals surface area (Å²) in [5, 5.41) is 9.68. The molecule has 0 aliphatic rings. The molecule has 0 fully saturated rings. The van der Waals surface area contributed by atoms with E-state index in [1.54, 1.807) is 21.1 Å². The van der Waals surface area contributed by atoms with Crippen LogP contribution < -0.4 is 14.2 Å². The molecule has 0 bridgehead atoms. The molecule has 0 amide bonds. The number of ether oxygens (including phenoxy) is 4. The average Bonchev–Trinajstić information content (AvgIpc) is 2.88. The molecule has 6 nitrogen and oxygen atoms in total. The van der Waals surface area contributed by atoms with Gasteiger partial charge in [-0.2, -0.15) is 5.26 Å². The number of para-hydroxylation sites is 1. The second-order valence-corrected chi connectivity index (χ2v) is 8.17. The van der Waals surface area contributed by atoms with Crippen LogP contribution in [-0.4, -0.2) is 33.4 Å². The number of carbonyl (C=O) groups is 1. The molecule has 0 aromatic heterocycles. The molecule has 6 heteroatoms. The van der Waals surface area contributed by atoms with E-state index in [0.29, 0.717) is 41.6 Å². The van der Waals surface area contributed by atoms with Gasteiger partial charge in [-0.1, -0.05) is 50.5 Å². The largest absolute Gasteiger partial charge is 0.496 e. The molecule has 0 heterocycles. The quantitative estimate of drug-likeness (QED) is 0.0945. The van der Waals surface area contributed by atoms with Crippen LogP contribution in [0.4, 0.5) is 0 Å². The van der Waals surface area contributed by atoms with E-state index in [-0.39, 0.29) is 5.97 Å². The number of hydrogen-bond donors (Lipinski definition) is 0. The van der Waals surface area contributed by atoms with Crippen molar-refractivity contribution in [3.8, 4) is 23.3 Å². The molecule has 2 rings (SSSR count). The van der Waals surface area contributed by atoms with Gasteiger partial charge in [-0.3, -0.25) is 0 Å². The molecular formula is C29H35NO5. The lowest BCUT2D eigenvalue weighted by Crippen LogP contribution is -2.06. The van der Waals surface area contributed by atoms with Gasteiger partial charge in [0.15, 0.2) is 11.5 Å². The van der Waals surface area contributed by atoms with Crippen LogP contribution in [0.3, 0.4) is 0 Å². The average molecular weight is 478 g/mol. The lowest BCUT2D eigenvalue weighted by atomic mass is 10.0. The highest BCUT2D eigenvalue weighted by Gasteiger charge is 2.10. The van der Waals surface area contributed by atoms with Crippen molar-refractivity contribution in [3.05, 3.63) is 65.7 Å². The number of nitrogens with zero attached hydrogens (tertiary/aromatic N) is 1. The van der Waals surface area contributed by atoms with E-state index >= 15 is 0 Å². The summed E-state index contributed by atoms with van der Waals surface area (Å²) < 4.78 is 21.9. The molecule has 0 unspecified atom stereocenters. The number of benzene rings is 2. The molecular weight excluding hydrogens is 442 g/mol. The first-order chi connectivity index (χ1) is 17.0. The van der Waals surface area contributed by atoms with Crippen LogP contribution in [0.5, 0.6) is 17.2 Å². The zero-order valence-electron chi connectivity index (χ0n) is 21.0. The van der Waals surface area contributed by atoms with Gasteiger partial charge < -0.3 is 18.9 Å². The first kappa shape index (κ1) is 27.5. The van der Waals surface area contributed by atoms with E-state index in [0.717, 1.165) is 49.7 Å². The van der Waals surface area contributed by atoms with E-state index in [4.69, 9.17) is 18.9 Å². The van der Waals surface area contributed by atoms with Crippen LogP contribution in [0.2, 0.25) is 0 Å². The maximum Gasteiger partial charge on any atom is 0.333 e. The summed E-state index contributed by atoms with van der Waals surface area (Å²) >= 11 is 0. The van der Waals surface area contributed by atoms with Crippen molar-refractivity contribution >= 4 is 17.6 Å². The van der Waals surface area contributed by atoms with Gasteiger partial charge in [-0.15, -0.1) is 0 Å². The maximum atomic E-state index is 11.3. The third kappa shape index (κ3) is 9.21. The van der Waals surface area contributed by atoms with E-state index in [2.05, 4.69) is 12.6 Å². The number of nitriles is 1. The molecule has 0 N–H and O–H groups in total. The number of hydrogen-bond acceptors (Lipinski definition) is 6. The number of esters is 1. The van der Waals surface area contributed by atoms with E-state index in [9.17, 15) is 10.1 Å². The zero-order valence-corrected chi connectivity index (χ0v) is 21.0. The Labute approximate surface area is 208 Å². The third-order valence-electron chi connectivity index (χ3n) is 5.39. The highest BCUT2D eigenvalue weighted by atomic mass is 16.5. The summed E-state index contributed by atoms with van der Waals surface area (Å²) in [4.78, 5) is 11.3. The summed E-state index contributed by atoms with van der Waals surface area (Å²) in [6.45, 7) is 6.28. The lowest BCUT2D eigenvalue weighted by Gasteiger charge is -2.12. The minimum atomic E-state index is -0.316. The second kappa shape index (κ2) is 15.2. The Bertz CT molecular complexity index is 1050. The van der Waals surface area contributed by atoms with Crippen molar-refractivity contribution < 1.29 is 23.7 Å². The van der Waals surface area contributed by atoms with Gasteiger partial charge in [0.1, 0.15) is 5.75 Å². The summed E-state index contributed by atoms with van der Waals surface area (Å²) in [6.07, 6.45) is 7.94. The highest BCUT2D eigenvalue weighted by Crippen LogP contribution is 2.31. The van der Waals surface area contributed by atoms with Crippen molar-refractivity contribution in [1.82, 2.24) is 0 Å². The Hall–Kier alpha value is -3.72. The van der Waals surface area contributed by atoms with E-state index in [1.165, 1.54) is 0 Å². The molecule has 0 atom stereocenters. The van der Waals surface area contributed by atoms with Crippen LogP contribution in [0.15, 0.2) is 54.6 Å². The van der Waals surface area contributed by atoms with Crippen molar-refractivity contribution in [2.45, 2.75) is 45.4 Å². The van der Waals surface area contributed by atoms with Gasteiger partial charge in [0, 0.05) is 11.1 Å². The topological polar surface area (TPSA) is 77.8 Å². The lowest BCUT2D eigenvalue weighted by molar-refractivity contribution is -0.139. The second-order valence-electron chi connectivity index (χ2n) is 8.17. The molecule has 0 radical (unpaired) electrons. The van der Waals surface area contributed by atoms with E-state index in [1.807, 2.05) is 48.5 Å². The minimum Gasteiger partial charge on any atom is -0.496 e. The van der Waals surface area contributed by atoms with Crippen molar-refractivity contribution in [1.29, 1.82) is 5.26 Å². The van der Waals surface area contributed by atoms with Gasteiger partial charge in [-0.25, -0.2) is 4.79 Å². The van der Waals surface area contributed by atoms with Crippen LogP contribution in [0.25, 0.3) is 11.6 Å². The molecule has 2 aromatic rings. The SMILES string of the molecule is C=C(C)C(=O)OCCCCCCCCOc1ccc(/C=C(\C#N)c2ccccc2OC)cc1OC. The zero-order chi connectivity index (χ0) is 25.5. The van der Waals surface area contributed by atoms with E-state index < -0.39 is 0 Å². The maximum absolute atomic E-state index is 11.3. The molecule has 35 heavy (non-hydrogen) atoms. The molecule has 0 saturated carbocycles. The fourth-order valence-corrected chi connectivity index (χ4v) is 3.48. The molecule has 0 saturated heterocycles. The van der Waals surface area contributed by atoms with Crippen LogP contribution in [-0.2, 0) is 9.53 Å². The molecule has 0 aliphatic carbocycles. The predicted octanol–water partition coefficient (Wildman–Crippen LogP) is 6.61. The van der Waals surface area contributed by atoms with Crippen LogP contribution >= 0.6 is 0 Å². The Morgan fingerprint density at radius 2 is 1.57 bits per heavy atom. The van der Waals surface area contributed by atoms with Gasteiger partial charge in [-0.05, 0) is 55.7 Å². The third-order valence-corrected chi connectivity index (χ3v) is 5.39. The Morgan fingerprint density at radius 1 is 0.914 bits per heavy atom. The molecule has 0 aliphatic heterocycles. The van der Waals surface area contributed by atoms with Crippen LogP contribution in [0.1, 0.15) is 56.6 Å². The molecule has 0 spiro atoms. The van der Waals surface area contributed by atoms with Crippen LogP contribution in [0, 0.1) is 11.3 Å². The normalized spacial score (nSPS) is 10.9. The molecule has 186 valence electrons. The number of allylic oxidation sites excluding steroid dienone is 1. The number of carbonyl (C=O) groups excluding carboxylic acids is 1.